The smallest absolute Gasteiger partial charge is 0.258 e. The first-order chi connectivity index (χ1) is 15.0. The molecule has 158 valence electrons. The summed E-state index contributed by atoms with van der Waals surface area (Å²) >= 11 is 1.58. The highest BCUT2D eigenvalue weighted by molar-refractivity contribution is 7.09. The Morgan fingerprint density at radius 3 is 2.61 bits per heavy atom. The second-order valence-corrected chi connectivity index (χ2v) is 8.64. The lowest BCUT2D eigenvalue weighted by Gasteiger charge is -2.23. The summed E-state index contributed by atoms with van der Waals surface area (Å²) in [6, 6.07) is 17.1. The molecule has 0 aliphatic rings. The number of aryl methyl sites for hydroxylation is 2. The second-order valence-electron chi connectivity index (χ2n) is 7.61. The molecule has 0 saturated heterocycles. The van der Waals surface area contributed by atoms with Crippen molar-refractivity contribution in [2.45, 2.75) is 26.9 Å². The molecule has 4 rings (SSSR count). The number of aromatic amines is 1. The van der Waals surface area contributed by atoms with Crippen molar-refractivity contribution >= 4 is 28.1 Å². The third kappa shape index (κ3) is 4.39. The standard InChI is InChI=1S/C25H24N2O3S/c1-16-11-17(2)23-18(12-16)13-19(24(28)26-23)14-27(15-20-7-6-10-31-20)25(29)21-8-4-5-9-22(21)30-3/h4-13H,14-15H2,1-3H3,(H,26,28). The fraction of sp³-hybridized carbons (Fsp3) is 0.200. The number of pyridine rings is 1. The van der Waals surface area contributed by atoms with Crippen LogP contribution >= 0.6 is 11.3 Å². The number of carbonyl (C=O) groups excluding carboxylic acids is 1. The maximum Gasteiger partial charge on any atom is 0.258 e. The van der Waals surface area contributed by atoms with Gasteiger partial charge in [0.25, 0.3) is 11.5 Å². The number of H-pyrrole nitrogens is 1. The van der Waals surface area contributed by atoms with Gasteiger partial charge in [-0.05, 0) is 60.5 Å². The van der Waals surface area contributed by atoms with Crippen LogP contribution in [0.25, 0.3) is 10.9 Å². The summed E-state index contributed by atoms with van der Waals surface area (Å²) < 4.78 is 5.40. The third-order valence-electron chi connectivity index (χ3n) is 5.28. The summed E-state index contributed by atoms with van der Waals surface area (Å²) in [6.07, 6.45) is 0. The Balaban J connectivity index is 1.75. The number of amides is 1. The van der Waals surface area contributed by atoms with E-state index in [-0.39, 0.29) is 18.0 Å². The van der Waals surface area contributed by atoms with Gasteiger partial charge in [0, 0.05) is 10.4 Å². The van der Waals surface area contributed by atoms with E-state index in [1.807, 2.05) is 61.7 Å². The van der Waals surface area contributed by atoms with E-state index in [0.717, 1.165) is 26.9 Å². The Hall–Kier alpha value is -3.38. The highest BCUT2D eigenvalue weighted by atomic mass is 32.1. The molecule has 2 heterocycles. The molecule has 1 N–H and O–H groups in total. The molecule has 0 aliphatic heterocycles. The van der Waals surface area contributed by atoms with E-state index >= 15 is 0 Å². The Kier molecular flexibility index (Phi) is 5.91. The SMILES string of the molecule is COc1ccccc1C(=O)N(Cc1cccs1)Cc1cc2cc(C)cc(C)c2[nH]c1=O. The van der Waals surface area contributed by atoms with E-state index in [1.165, 1.54) is 0 Å². The number of ether oxygens (including phenoxy) is 1. The number of fused-ring (bicyclic) bond motifs is 1. The van der Waals surface area contributed by atoms with E-state index in [1.54, 1.807) is 35.5 Å². The molecule has 0 aliphatic carbocycles. The highest BCUT2D eigenvalue weighted by Gasteiger charge is 2.22. The Bertz CT molecular complexity index is 1290. The van der Waals surface area contributed by atoms with Crippen molar-refractivity contribution in [1.29, 1.82) is 0 Å². The lowest BCUT2D eigenvalue weighted by molar-refractivity contribution is 0.0728. The number of methoxy groups -OCH3 is 1. The van der Waals surface area contributed by atoms with Crippen molar-refractivity contribution in [1.82, 2.24) is 9.88 Å². The zero-order valence-electron chi connectivity index (χ0n) is 17.8. The van der Waals surface area contributed by atoms with Crippen LogP contribution in [-0.4, -0.2) is 22.9 Å². The fourth-order valence-electron chi connectivity index (χ4n) is 3.84. The molecule has 0 fully saturated rings. The predicted molar refractivity (Wildman–Crippen MR) is 125 cm³/mol. The summed E-state index contributed by atoms with van der Waals surface area (Å²) in [4.78, 5) is 32.1. The molecule has 1 amide bonds. The van der Waals surface area contributed by atoms with Crippen molar-refractivity contribution in [2.24, 2.45) is 0 Å². The predicted octanol–water partition coefficient (Wildman–Crippen LogP) is 5.06. The fourth-order valence-corrected chi connectivity index (χ4v) is 4.56. The summed E-state index contributed by atoms with van der Waals surface area (Å²) in [5, 5.41) is 2.95. The first-order valence-electron chi connectivity index (χ1n) is 10.0. The van der Waals surface area contributed by atoms with E-state index in [4.69, 9.17) is 4.74 Å². The summed E-state index contributed by atoms with van der Waals surface area (Å²) in [5.74, 6) is 0.341. The molecular weight excluding hydrogens is 408 g/mol. The molecule has 0 atom stereocenters. The lowest BCUT2D eigenvalue weighted by Crippen LogP contribution is -2.32. The molecule has 0 bridgehead atoms. The average molecular weight is 433 g/mol. The number of carbonyl (C=O) groups is 1. The third-order valence-corrected chi connectivity index (χ3v) is 6.14. The molecule has 4 aromatic rings. The quantitative estimate of drug-likeness (QED) is 0.463. The Morgan fingerprint density at radius 1 is 1.06 bits per heavy atom. The van der Waals surface area contributed by atoms with Crippen molar-refractivity contribution in [3.63, 3.8) is 0 Å². The van der Waals surface area contributed by atoms with Crippen molar-refractivity contribution in [3.8, 4) is 5.75 Å². The van der Waals surface area contributed by atoms with Gasteiger partial charge in [0.15, 0.2) is 0 Å². The number of benzene rings is 2. The molecule has 5 nitrogen and oxygen atoms in total. The summed E-state index contributed by atoms with van der Waals surface area (Å²) in [6.45, 7) is 4.64. The maximum absolute atomic E-state index is 13.5. The minimum absolute atomic E-state index is 0.175. The number of hydrogen-bond acceptors (Lipinski definition) is 4. The second kappa shape index (κ2) is 8.78. The van der Waals surface area contributed by atoms with E-state index in [9.17, 15) is 9.59 Å². The van der Waals surface area contributed by atoms with Crippen molar-refractivity contribution in [3.05, 3.63) is 97.5 Å². The van der Waals surface area contributed by atoms with Crippen LogP contribution in [0.1, 0.15) is 31.9 Å². The molecule has 0 unspecified atom stereocenters. The highest BCUT2D eigenvalue weighted by Crippen LogP contribution is 2.24. The van der Waals surface area contributed by atoms with Gasteiger partial charge in [0.2, 0.25) is 0 Å². The van der Waals surface area contributed by atoms with Crippen LogP contribution in [0.3, 0.4) is 0 Å². The van der Waals surface area contributed by atoms with Crippen LogP contribution in [0, 0.1) is 13.8 Å². The van der Waals surface area contributed by atoms with Crippen LogP contribution in [0.4, 0.5) is 0 Å². The largest absolute Gasteiger partial charge is 0.496 e. The summed E-state index contributed by atoms with van der Waals surface area (Å²) in [5.41, 5.74) is 3.84. The molecule has 0 spiro atoms. The maximum atomic E-state index is 13.5. The Labute approximate surface area is 184 Å². The van der Waals surface area contributed by atoms with Crippen LogP contribution < -0.4 is 10.3 Å². The molecule has 0 radical (unpaired) electrons. The van der Waals surface area contributed by atoms with Gasteiger partial charge >= 0.3 is 0 Å². The summed E-state index contributed by atoms with van der Waals surface area (Å²) in [7, 11) is 1.55. The van der Waals surface area contributed by atoms with Gasteiger partial charge in [0.1, 0.15) is 5.75 Å². The van der Waals surface area contributed by atoms with Gasteiger partial charge in [-0.15, -0.1) is 11.3 Å². The van der Waals surface area contributed by atoms with Gasteiger partial charge in [-0.25, -0.2) is 0 Å². The van der Waals surface area contributed by atoms with Crippen LogP contribution in [0.5, 0.6) is 5.75 Å². The van der Waals surface area contributed by atoms with Gasteiger partial charge in [-0.2, -0.15) is 0 Å². The van der Waals surface area contributed by atoms with E-state index in [2.05, 4.69) is 4.98 Å². The van der Waals surface area contributed by atoms with Crippen LogP contribution in [0.2, 0.25) is 0 Å². The van der Waals surface area contributed by atoms with Gasteiger partial charge in [0.05, 0.1) is 31.3 Å². The monoisotopic (exact) mass is 432 g/mol. The van der Waals surface area contributed by atoms with Gasteiger partial charge in [-0.3, -0.25) is 9.59 Å². The number of thiophene rings is 1. The molecule has 2 aromatic carbocycles. The first kappa shape index (κ1) is 20.9. The number of aromatic nitrogens is 1. The molecule has 31 heavy (non-hydrogen) atoms. The van der Waals surface area contributed by atoms with E-state index < -0.39 is 0 Å². The van der Waals surface area contributed by atoms with Crippen LogP contribution in [-0.2, 0) is 13.1 Å². The Morgan fingerprint density at radius 2 is 1.87 bits per heavy atom. The minimum atomic E-state index is -0.177. The van der Waals surface area contributed by atoms with Gasteiger partial charge in [-0.1, -0.05) is 29.8 Å². The first-order valence-corrected chi connectivity index (χ1v) is 10.9. The number of nitrogens with one attached hydrogen (secondary N) is 1. The topological polar surface area (TPSA) is 62.4 Å². The van der Waals surface area contributed by atoms with Crippen molar-refractivity contribution < 1.29 is 9.53 Å². The number of para-hydroxylation sites is 1. The molecule has 2 aromatic heterocycles. The normalized spacial score (nSPS) is 10.9. The number of hydrogen-bond donors (Lipinski definition) is 1. The lowest BCUT2D eigenvalue weighted by atomic mass is 10.0. The average Bonchev–Trinajstić information content (AvgIpc) is 3.27. The number of nitrogens with zero attached hydrogens (tertiary/aromatic N) is 1. The van der Waals surface area contributed by atoms with Gasteiger partial charge < -0.3 is 14.6 Å². The molecule has 6 heteroatoms. The zero-order chi connectivity index (χ0) is 22.0. The zero-order valence-corrected chi connectivity index (χ0v) is 18.6. The molecular formula is C25H24N2O3S. The van der Waals surface area contributed by atoms with E-state index in [0.29, 0.717) is 23.4 Å². The number of rotatable bonds is 6. The minimum Gasteiger partial charge on any atom is -0.496 e. The van der Waals surface area contributed by atoms with Crippen molar-refractivity contribution in [2.75, 3.05) is 7.11 Å². The van der Waals surface area contributed by atoms with Crippen LogP contribution in [0.15, 0.2) is 64.8 Å². The molecule has 0 saturated carbocycles.